The number of rotatable bonds is 4. The number of nitrogens with two attached hydrogens (primary N) is 1. The second kappa shape index (κ2) is 4.45. The zero-order valence-corrected chi connectivity index (χ0v) is 8.08. The number of H-pyrrole nitrogens is 1. The Morgan fingerprint density at radius 3 is 3.14 bits per heavy atom. The van der Waals surface area contributed by atoms with E-state index in [4.69, 9.17) is 5.73 Å². The predicted molar refractivity (Wildman–Crippen MR) is 54.7 cm³/mol. The lowest BCUT2D eigenvalue weighted by atomic mass is 10.2. The third-order valence-corrected chi connectivity index (χ3v) is 1.79. The summed E-state index contributed by atoms with van der Waals surface area (Å²) in [6.07, 6.45) is 3.88. The molecule has 0 aromatic carbocycles. The molecule has 0 aliphatic heterocycles. The minimum Gasteiger partial charge on any atom is -0.396 e. The van der Waals surface area contributed by atoms with Crippen molar-refractivity contribution in [1.82, 2.24) is 15.5 Å². The molecule has 1 amide bonds. The largest absolute Gasteiger partial charge is 0.396 e. The van der Waals surface area contributed by atoms with Crippen molar-refractivity contribution in [2.24, 2.45) is 0 Å². The van der Waals surface area contributed by atoms with E-state index in [-0.39, 0.29) is 11.9 Å². The molecule has 1 aromatic heterocycles. The maximum Gasteiger partial charge on any atom is 0.271 e. The highest BCUT2D eigenvalue weighted by Crippen LogP contribution is 2.06. The number of hydrogen-bond donors (Lipinski definition) is 3. The third kappa shape index (κ3) is 2.35. The predicted octanol–water partition coefficient (Wildman–Crippen LogP) is 0.686. The zero-order chi connectivity index (χ0) is 10.6. The minimum absolute atomic E-state index is 0.0442. The molecule has 76 valence electrons. The Kier molecular flexibility index (Phi) is 3.28. The second-order valence-corrected chi connectivity index (χ2v) is 3.10. The van der Waals surface area contributed by atoms with Crippen LogP contribution in [0, 0.1) is 0 Å². The highest BCUT2D eigenvalue weighted by atomic mass is 16.2. The highest BCUT2D eigenvalue weighted by Gasteiger charge is 2.13. The maximum absolute atomic E-state index is 11.5. The van der Waals surface area contributed by atoms with Crippen molar-refractivity contribution in [2.45, 2.75) is 19.4 Å². The first-order valence-corrected chi connectivity index (χ1v) is 4.35. The molecule has 1 rings (SSSR count). The lowest BCUT2D eigenvalue weighted by Crippen LogP contribution is -2.32. The summed E-state index contributed by atoms with van der Waals surface area (Å²) in [5.74, 6) is -0.241. The van der Waals surface area contributed by atoms with Crippen LogP contribution in [0.15, 0.2) is 18.9 Å². The van der Waals surface area contributed by atoms with Gasteiger partial charge in [0.15, 0.2) is 0 Å². The summed E-state index contributed by atoms with van der Waals surface area (Å²) in [5.41, 5.74) is 6.18. The van der Waals surface area contributed by atoms with Gasteiger partial charge < -0.3 is 11.1 Å². The van der Waals surface area contributed by atoms with Crippen molar-refractivity contribution in [3.63, 3.8) is 0 Å². The van der Waals surface area contributed by atoms with Crippen molar-refractivity contribution in [2.75, 3.05) is 5.73 Å². The SMILES string of the molecule is C=CCC(C)NC(=O)c1[nH]ncc1N. The van der Waals surface area contributed by atoms with Crippen LogP contribution in [0.1, 0.15) is 23.8 Å². The molecule has 1 atom stereocenters. The van der Waals surface area contributed by atoms with E-state index in [0.717, 1.165) is 6.42 Å². The lowest BCUT2D eigenvalue weighted by Gasteiger charge is -2.10. The highest BCUT2D eigenvalue weighted by molar-refractivity contribution is 5.97. The van der Waals surface area contributed by atoms with Crippen LogP contribution in [0.2, 0.25) is 0 Å². The number of aromatic amines is 1. The number of nitrogens with zero attached hydrogens (tertiary/aromatic N) is 1. The monoisotopic (exact) mass is 194 g/mol. The molecule has 0 radical (unpaired) electrons. The number of amides is 1. The number of anilines is 1. The molecule has 5 heteroatoms. The number of carbonyl (C=O) groups excluding carboxylic acids is 1. The van der Waals surface area contributed by atoms with E-state index in [9.17, 15) is 4.79 Å². The van der Waals surface area contributed by atoms with Crippen molar-refractivity contribution in [3.8, 4) is 0 Å². The van der Waals surface area contributed by atoms with E-state index in [2.05, 4.69) is 22.1 Å². The molecule has 0 aliphatic rings. The summed E-state index contributed by atoms with van der Waals surface area (Å²) in [7, 11) is 0. The van der Waals surface area contributed by atoms with E-state index in [1.165, 1.54) is 6.20 Å². The molecule has 1 unspecified atom stereocenters. The van der Waals surface area contributed by atoms with Gasteiger partial charge in [-0.15, -0.1) is 6.58 Å². The van der Waals surface area contributed by atoms with Gasteiger partial charge in [-0.2, -0.15) is 5.10 Å². The Hall–Kier alpha value is -1.78. The van der Waals surface area contributed by atoms with E-state index in [1.54, 1.807) is 6.08 Å². The molecular formula is C9H14N4O. The van der Waals surface area contributed by atoms with E-state index in [1.807, 2.05) is 6.92 Å². The van der Waals surface area contributed by atoms with Gasteiger partial charge in [0.2, 0.25) is 0 Å². The Bertz CT molecular complexity index is 331. The van der Waals surface area contributed by atoms with Gasteiger partial charge in [-0.05, 0) is 13.3 Å². The van der Waals surface area contributed by atoms with E-state index < -0.39 is 0 Å². The second-order valence-electron chi connectivity index (χ2n) is 3.10. The Morgan fingerprint density at radius 1 is 1.93 bits per heavy atom. The standard InChI is InChI=1S/C9H14N4O/c1-3-4-6(2)12-9(14)8-7(10)5-11-13-8/h3,5-6H,1,4,10H2,2H3,(H,11,13)(H,12,14). The first-order valence-electron chi connectivity index (χ1n) is 4.35. The smallest absolute Gasteiger partial charge is 0.271 e. The number of hydrogen-bond acceptors (Lipinski definition) is 3. The molecule has 0 aliphatic carbocycles. The summed E-state index contributed by atoms with van der Waals surface area (Å²) in [6.45, 7) is 5.49. The Balaban J connectivity index is 2.59. The van der Waals surface area contributed by atoms with Crippen LogP contribution in [-0.2, 0) is 0 Å². The van der Waals surface area contributed by atoms with Gasteiger partial charge >= 0.3 is 0 Å². The van der Waals surface area contributed by atoms with Crippen molar-refractivity contribution in [3.05, 3.63) is 24.5 Å². The molecule has 0 bridgehead atoms. The van der Waals surface area contributed by atoms with Crippen LogP contribution in [-0.4, -0.2) is 22.1 Å². The summed E-state index contributed by atoms with van der Waals surface area (Å²) >= 11 is 0. The number of carbonyl (C=O) groups is 1. The van der Waals surface area contributed by atoms with Crippen LogP contribution in [0.25, 0.3) is 0 Å². The van der Waals surface area contributed by atoms with Gasteiger partial charge in [0, 0.05) is 6.04 Å². The summed E-state index contributed by atoms with van der Waals surface area (Å²) < 4.78 is 0. The topological polar surface area (TPSA) is 83.8 Å². The third-order valence-electron chi connectivity index (χ3n) is 1.79. The van der Waals surface area contributed by atoms with Crippen molar-refractivity contribution >= 4 is 11.6 Å². The minimum atomic E-state index is -0.241. The van der Waals surface area contributed by atoms with Gasteiger partial charge in [0.05, 0.1) is 11.9 Å². The molecule has 0 fully saturated rings. The quantitative estimate of drug-likeness (QED) is 0.616. The van der Waals surface area contributed by atoms with Crippen LogP contribution >= 0.6 is 0 Å². The van der Waals surface area contributed by atoms with Crippen LogP contribution in [0.3, 0.4) is 0 Å². The zero-order valence-electron chi connectivity index (χ0n) is 8.08. The molecule has 4 N–H and O–H groups in total. The molecule has 1 heterocycles. The van der Waals surface area contributed by atoms with Crippen LogP contribution < -0.4 is 11.1 Å². The molecular weight excluding hydrogens is 180 g/mol. The molecule has 5 nitrogen and oxygen atoms in total. The summed E-state index contributed by atoms with van der Waals surface area (Å²) in [4.78, 5) is 11.5. The van der Waals surface area contributed by atoms with Gasteiger partial charge in [-0.1, -0.05) is 6.08 Å². The van der Waals surface area contributed by atoms with Crippen LogP contribution in [0.5, 0.6) is 0 Å². The summed E-state index contributed by atoms with van der Waals surface area (Å²) in [5, 5.41) is 8.97. The molecule has 1 aromatic rings. The molecule has 14 heavy (non-hydrogen) atoms. The Labute approximate surface area is 82.4 Å². The van der Waals surface area contributed by atoms with E-state index in [0.29, 0.717) is 11.4 Å². The molecule has 0 saturated heterocycles. The van der Waals surface area contributed by atoms with Gasteiger partial charge in [0.1, 0.15) is 5.69 Å². The number of aromatic nitrogens is 2. The fourth-order valence-electron chi connectivity index (χ4n) is 1.08. The Morgan fingerprint density at radius 2 is 2.64 bits per heavy atom. The fraction of sp³-hybridized carbons (Fsp3) is 0.333. The van der Waals surface area contributed by atoms with Gasteiger partial charge in [-0.25, -0.2) is 0 Å². The first kappa shape index (κ1) is 10.3. The average Bonchev–Trinajstić information content (AvgIpc) is 2.51. The maximum atomic E-state index is 11.5. The average molecular weight is 194 g/mol. The fourth-order valence-corrected chi connectivity index (χ4v) is 1.08. The summed E-state index contributed by atoms with van der Waals surface area (Å²) in [6, 6.07) is 0.0442. The lowest BCUT2D eigenvalue weighted by molar-refractivity contribution is 0.0936. The number of nitrogens with one attached hydrogen (secondary N) is 2. The van der Waals surface area contributed by atoms with Crippen LogP contribution in [0.4, 0.5) is 5.69 Å². The van der Waals surface area contributed by atoms with Crippen molar-refractivity contribution in [1.29, 1.82) is 0 Å². The molecule has 0 saturated carbocycles. The van der Waals surface area contributed by atoms with E-state index >= 15 is 0 Å². The molecule has 0 spiro atoms. The van der Waals surface area contributed by atoms with Gasteiger partial charge in [-0.3, -0.25) is 9.89 Å². The van der Waals surface area contributed by atoms with Crippen molar-refractivity contribution < 1.29 is 4.79 Å². The number of nitrogen functional groups attached to an aromatic ring is 1. The normalized spacial score (nSPS) is 12.1. The van der Waals surface area contributed by atoms with Gasteiger partial charge in [0.25, 0.3) is 5.91 Å². The first-order chi connectivity index (χ1) is 6.65.